The summed E-state index contributed by atoms with van der Waals surface area (Å²) in [5.41, 5.74) is 1.75. The van der Waals surface area contributed by atoms with Crippen LogP contribution in [-0.2, 0) is 11.3 Å². The fourth-order valence-electron chi connectivity index (χ4n) is 5.57. The average molecular weight is 411 g/mol. The van der Waals surface area contributed by atoms with Gasteiger partial charge >= 0.3 is 0 Å². The molecule has 0 aromatic carbocycles. The Morgan fingerprint density at radius 1 is 1.07 bits per heavy atom. The fourth-order valence-corrected chi connectivity index (χ4v) is 5.57. The van der Waals surface area contributed by atoms with Crippen molar-refractivity contribution in [3.63, 3.8) is 0 Å². The van der Waals surface area contributed by atoms with Crippen LogP contribution in [0.15, 0.2) is 27.6 Å². The third kappa shape index (κ3) is 3.34. The smallest absolute Gasteiger partial charge is 0.291 e. The predicted octanol–water partition coefficient (Wildman–Crippen LogP) is 4.04. The molecule has 5 rings (SSSR count). The van der Waals surface area contributed by atoms with Gasteiger partial charge in [0.15, 0.2) is 5.58 Å². The molecule has 7 heteroatoms. The summed E-state index contributed by atoms with van der Waals surface area (Å²) in [6.45, 7) is 1.87. The van der Waals surface area contributed by atoms with E-state index in [2.05, 4.69) is 10.00 Å². The van der Waals surface area contributed by atoms with Crippen molar-refractivity contribution in [1.29, 1.82) is 0 Å². The molecule has 0 spiro atoms. The van der Waals surface area contributed by atoms with Crippen LogP contribution in [0.25, 0.3) is 16.6 Å². The zero-order valence-corrected chi connectivity index (χ0v) is 17.7. The summed E-state index contributed by atoms with van der Waals surface area (Å²) in [6.07, 6.45) is 13.2. The molecule has 160 valence electrons. The Kier molecular flexibility index (Phi) is 5.13. The molecule has 2 saturated carbocycles. The molecular weight excluding hydrogens is 380 g/mol. The van der Waals surface area contributed by atoms with Crippen LogP contribution >= 0.6 is 0 Å². The third-order valence-electron chi connectivity index (χ3n) is 6.97. The normalized spacial score (nSPS) is 19.0. The molecule has 7 nitrogen and oxygen atoms in total. The monoisotopic (exact) mass is 410 g/mol. The van der Waals surface area contributed by atoms with E-state index >= 15 is 0 Å². The Hall–Kier alpha value is -2.57. The largest absolute Gasteiger partial charge is 0.463 e. The zero-order chi connectivity index (χ0) is 20.7. The van der Waals surface area contributed by atoms with Gasteiger partial charge in [-0.2, -0.15) is 5.10 Å². The van der Waals surface area contributed by atoms with Crippen LogP contribution in [0.4, 0.5) is 0 Å². The number of carbonyl (C=O) groups excluding carboxylic acids is 1. The Morgan fingerprint density at radius 3 is 2.33 bits per heavy atom. The van der Waals surface area contributed by atoms with Gasteiger partial charge in [-0.25, -0.2) is 4.68 Å². The molecule has 0 radical (unpaired) electrons. The highest BCUT2D eigenvalue weighted by Gasteiger charge is 2.32. The number of fused-ring (bicyclic) bond motifs is 3. The van der Waals surface area contributed by atoms with Gasteiger partial charge in [-0.05, 0) is 32.6 Å². The minimum atomic E-state index is -0.243. The van der Waals surface area contributed by atoms with Crippen LogP contribution in [0.5, 0.6) is 0 Å². The van der Waals surface area contributed by atoms with E-state index in [-0.39, 0.29) is 18.0 Å². The highest BCUT2D eigenvalue weighted by atomic mass is 16.3. The number of aryl methyl sites for hydroxylation is 1. The number of hydrogen-bond donors (Lipinski definition) is 0. The van der Waals surface area contributed by atoms with Gasteiger partial charge in [-0.3, -0.25) is 14.0 Å². The zero-order valence-electron chi connectivity index (χ0n) is 17.7. The maximum absolute atomic E-state index is 13.5. The van der Waals surface area contributed by atoms with Gasteiger partial charge in [0.2, 0.25) is 5.91 Å². The molecule has 0 atom stereocenters. The van der Waals surface area contributed by atoms with Gasteiger partial charge in [0.05, 0.1) is 11.8 Å². The molecule has 2 fully saturated rings. The van der Waals surface area contributed by atoms with Crippen molar-refractivity contribution < 1.29 is 9.21 Å². The number of hydrogen-bond acceptors (Lipinski definition) is 4. The minimum Gasteiger partial charge on any atom is -0.463 e. The van der Waals surface area contributed by atoms with Crippen molar-refractivity contribution in [3.05, 3.63) is 34.6 Å². The van der Waals surface area contributed by atoms with Crippen LogP contribution in [0.2, 0.25) is 0 Å². The molecular formula is C23H30N4O3. The van der Waals surface area contributed by atoms with Gasteiger partial charge < -0.3 is 9.32 Å². The first kappa shape index (κ1) is 19.4. The van der Waals surface area contributed by atoms with E-state index in [1.54, 1.807) is 12.3 Å². The first-order valence-electron chi connectivity index (χ1n) is 11.4. The molecule has 0 bridgehead atoms. The predicted molar refractivity (Wildman–Crippen MR) is 115 cm³/mol. The van der Waals surface area contributed by atoms with Gasteiger partial charge in [-0.15, -0.1) is 0 Å². The van der Waals surface area contributed by atoms with E-state index in [9.17, 15) is 9.59 Å². The number of aromatic nitrogens is 3. The molecule has 3 heterocycles. The molecule has 0 unspecified atom stereocenters. The number of furan rings is 1. The Labute approximate surface area is 175 Å². The van der Waals surface area contributed by atoms with E-state index < -0.39 is 0 Å². The number of carbonyl (C=O) groups is 1. The summed E-state index contributed by atoms with van der Waals surface area (Å²) in [4.78, 5) is 28.8. The lowest BCUT2D eigenvalue weighted by Gasteiger charge is -2.41. The second-order valence-corrected chi connectivity index (χ2v) is 8.93. The summed E-state index contributed by atoms with van der Waals surface area (Å²) < 4.78 is 8.62. The number of nitrogens with zero attached hydrogens (tertiary/aromatic N) is 4. The molecule has 30 heavy (non-hydrogen) atoms. The third-order valence-corrected chi connectivity index (χ3v) is 6.97. The first-order valence-corrected chi connectivity index (χ1v) is 11.4. The van der Waals surface area contributed by atoms with E-state index in [0.717, 1.165) is 31.2 Å². The number of amides is 1. The van der Waals surface area contributed by atoms with Crippen LogP contribution in [-0.4, -0.2) is 37.1 Å². The van der Waals surface area contributed by atoms with Crippen LogP contribution in [0.1, 0.15) is 70.0 Å². The highest BCUT2D eigenvalue weighted by molar-refractivity contribution is 5.82. The van der Waals surface area contributed by atoms with E-state index in [1.807, 2.05) is 17.4 Å². The summed E-state index contributed by atoms with van der Waals surface area (Å²) in [7, 11) is 0. The molecule has 3 aromatic rings. The Balaban J connectivity index is 1.47. The maximum atomic E-state index is 13.5. The average Bonchev–Trinajstić information content (AvgIpc) is 3.35. The van der Waals surface area contributed by atoms with Gasteiger partial charge in [-0.1, -0.05) is 38.5 Å². The maximum Gasteiger partial charge on any atom is 0.291 e. The molecule has 3 aromatic heterocycles. The van der Waals surface area contributed by atoms with Crippen molar-refractivity contribution in [2.45, 2.75) is 89.8 Å². The fraction of sp³-hybridized carbons (Fsp3) is 0.609. The molecule has 0 saturated heterocycles. The lowest BCUT2D eigenvalue weighted by Crippen LogP contribution is -2.50. The molecule has 2 aliphatic rings. The second kappa shape index (κ2) is 7.93. The molecule has 0 aliphatic heterocycles. The van der Waals surface area contributed by atoms with Crippen molar-refractivity contribution in [2.75, 3.05) is 0 Å². The van der Waals surface area contributed by atoms with Gasteiger partial charge in [0.1, 0.15) is 17.9 Å². The lowest BCUT2D eigenvalue weighted by atomic mass is 9.88. The Morgan fingerprint density at radius 2 is 1.70 bits per heavy atom. The van der Waals surface area contributed by atoms with Crippen LogP contribution in [0, 0.1) is 6.92 Å². The quantitative estimate of drug-likeness (QED) is 0.651. The molecule has 0 N–H and O–H groups in total. The van der Waals surface area contributed by atoms with E-state index in [0.29, 0.717) is 29.0 Å². The summed E-state index contributed by atoms with van der Waals surface area (Å²) >= 11 is 0. The van der Waals surface area contributed by atoms with E-state index in [4.69, 9.17) is 4.42 Å². The SMILES string of the molecule is Cc1nn(CC(=O)N(C2CCCCC2)C2CCCCC2)c(=O)c2cc3occc3n12. The highest BCUT2D eigenvalue weighted by Crippen LogP contribution is 2.30. The van der Waals surface area contributed by atoms with Crippen LogP contribution < -0.4 is 5.56 Å². The van der Waals surface area contributed by atoms with Crippen molar-refractivity contribution in [2.24, 2.45) is 0 Å². The topological polar surface area (TPSA) is 72.8 Å². The summed E-state index contributed by atoms with van der Waals surface area (Å²) in [5, 5.41) is 4.49. The standard InChI is InChI=1S/C23H30N4O3/c1-16-24-25(23(29)20-14-21-19(26(16)20)12-13-30-21)15-22(28)27(17-8-4-2-5-9-17)18-10-6-3-7-11-18/h12-14,17-18H,2-11,15H2,1H3. The summed E-state index contributed by atoms with van der Waals surface area (Å²) in [5.74, 6) is 0.720. The van der Waals surface area contributed by atoms with Crippen molar-refractivity contribution in [3.8, 4) is 0 Å². The minimum absolute atomic E-state index is 0.00964. The molecule has 1 amide bonds. The van der Waals surface area contributed by atoms with Crippen molar-refractivity contribution >= 4 is 22.5 Å². The number of rotatable bonds is 4. The second-order valence-electron chi connectivity index (χ2n) is 8.93. The van der Waals surface area contributed by atoms with Gasteiger partial charge in [0, 0.05) is 24.2 Å². The summed E-state index contributed by atoms with van der Waals surface area (Å²) in [6, 6.07) is 4.20. The van der Waals surface area contributed by atoms with Crippen molar-refractivity contribution in [1.82, 2.24) is 19.1 Å². The van der Waals surface area contributed by atoms with Crippen LogP contribution in [0.3, 0.4) is 0 Å². The van der Waals surface area contributed by atoms with E-state index in [1.165, 1.54) is 43.2 Å². The lowest BCUT2D eigenvalue weighted by molar-refractivity contribution is -0.139. The first-order chi connectivity index (χ1) is 14.6. The van der Waals surface area contributed by atoms with Gasteiger partial charge in [0.25, 0.3) is 5.56 Å². The molecule has 2 aliphatic carbocycles. The Bertz CT molecular complexity index is 1090.